The van der Waals surface area contributed by atoms with Crippen molar-refractivity contribution in [3.63, 3.8) is 0 Å². The summed E-state index contributed by atoms with van der Waals surface area (Å²) in [5.74, 6) is 0.368. The molecule has 5 nitrogen and oxygen atoms in total. The monoisotopic (exact) mass is 334 g/mol. The summed E-state index contributed by atoms with van der Waals surface area (Å²) in [4.78, 5) is 0.190. The van der Waals surface area contributed by atoms with Crippen molar-refractivity contribution in [2.75, 3.05) is 26.7 Å². The van der Waals surface area contributed by atoms with E-state index in [4.69, 9.17) is 4.74 Å². The van der Waals surface area contributed by atoms with E-state index in [-0.39, 0.29) is 22.7 Å². The number of nitrogens with one attached hydrogen (secondary N) is 2. The fraction of sp³-hybridized carbons (Fsp3) is 0.571. The van der Waals surface area contributed by atoms with Crippen molar-refractivity contribution >= 4 is 22.4 Å². The fourth-order valence-electron chi connectivity index (χ4n) is 2.46. The lowest BCUT2D eigenvalue weighted by Gasteiger charge is -2.34. The van der Waals surface area contributed by atoms with Gasteiger partial charge in [-0.2, -0.15) is 0 Å². The average molecular weight is 335 g/mol. The second-order valence-corrected chi connectivity index (χ2v) is 7.30. The van der Waals surface area contributed by atoms with Crippen molar-refractivity contribution in [1.29, 1.82) is 0 Å². The van der Waals surface area contributed by atoms with Gasteiger partial charge in [0.15, 0.2) is 0 Å². The van der Waals surface area contributed by atoms with E-state index in [9.17, 15) is 8.42 Å². The summed E-state index contributed by atoms with van der Waals surface area (Å²) in [5.41, 5.74) is -0.0344. The molecular formula is C14H23ClN2O3S. The maximum Gasteiger partial charge on any atom is 0.244 e. The number of benzene rings is 1. The van der Waals surface area contributed by atoms with Crippen LogP contribution in [-0.2, 0) is 10.0 Å². The highest BCUT2D eigenvalue weighted by Crippen LogP contribution is 2.27. The number of hydrogen-bond acceptors (Lipinski definition) is 4. The molecular weight excluding hydrogens is 312 g/mol. The molecule has 1 aliphatic rings. The minimum atomic E-state index is -3.54. The number of piperidine rings is 1. The summed E-state index contributed by atoms with van der Waals surface area (Å²) in [6, 6.07) is 6.66. The molecule has 1 heterocycles. The number of methoxy groups -OCH3 is 1. The van der Waals surface area contributed by atoms with E-state index in [2.05, 4.69) is 17.0 Å². The van der Waals surface area contributed by atoms with Crippen LogP contribution in [0.3, 0.4) is 0 Å². The molecule has 0 aliphatic carbocycles. The Morgan fingerprint density at radius 3 is 2.71 bits per heavy atom. The van der Waals surface area contributed by atoms with E-state index in [0.717, 1.165) is 25.9 Å². The van der Waals surface area contributed by atoms with E-state index in [1.807, 2.05) is 0 Å². The van der Waals surface area contributed by atoms with Gasteiger partial charge < -0.3 is 10.1 Å². The van der Waals surface area contributed by atoms with Gasteiger partial charge in [-0.25, -0.2) is 13.1 Å². The summed E-state index contributed by atoms with van der Waals surface area (Å²) < 4.78 is 32.6. The van der Waals surface area contributed by atoms with Crippen LogP contribution >= 0.6 is 12.4 Å². The largest absolute Gasteiger partial charge is 0.495 e. The first-order valence-electron chi connectivity index (χ1n) is 6.80. The number of hydrogen-bond donors (Lipinski definition) is 2. The topological polar surface area (TPSA) is 67.4 Å². The zero-order valence-corrected chi connectivity index (χ0v) is 14.0. The van der Waals surface area contributed by atoms with E-state index < -0.39 is 10.0 Å². The standard InChI is InChI=1S/C14H22N2O3S.ClH/c1-14(8-5-9-15-10-14)11-16-20(17,18)13-7-4-3-6-12(13)19-2;/h3-4,6-7,15-16H,5,8-11H2,1-2H3;1H. The molecule has 1 saturated heterocycles. The molecule has 0 spiro atoms. The molecule has 1 fully saturated rings. The number of sulfonamides is 1. The molecule has 7 heteroatoms. The summed E-state index contributed by atoms with van der Waals surface area (Å²) >= 11 is 0. The Labute approximate surface area is 132 Å². The van der Waals surface area contributed by atoms with Crippen molar-refractivity contribution < 1.29 is 13.2 Å². The van der Waals surface area contributed by atoms with Gasteiger partial charge in [-0.3, -0.25) is 0 Å². The van der Waals surface area contributed by atoms with Gasteiger partial charge in [0.25, 0.3) is 0 Å². The number of ether oxygens (including phenoxy) is 1. The zero-order valence-electron chi connectivity index (χ0n) is 12.4. The zero-order chi connectivity index (χ0) is 14.6. The van der Waals surface area contributed by atoms with Crippen LogP contribution in [0.5, 0.6) is 5.75 Å². The maximum absolute atomic E-state index is 12.4. The Hall–Kier alpha value is -0.820. The summed E-state index contributed by atoms with van der Waals surface area (Å²) in [6.07, 6.45) is 2.10. The summed E-state index contributed by atoms with van der Waals surface area (Å²) in [7, 11) is -2.07. The maximum atomic E-state index is 12.4. The van der Waals surface area contributed by atoms with E-state index in [1.165, 1.54) is 7.11 Å². The molecule has 0 bridgehead atoms. The molecule has 1 unspecified atom stereocenters. The summed E-state index contributed by atoms with van der Waals surface area (Å²) in [5, 5.41) is 3.31. The normalized spacial score (nSPS) is 22.4. The van der Waals surface area contributed by atoms with Gasteiger partial charge in [-0.1, -0.05) is 19.1 Å². The van der Waals surface area contributed by atoms with Crippen molar-refractivity contribution in [1.82, 2.24) is 10.0 Å². The van der Waals surface area contributed by atoms with Gasteiger partial charge in [0, 0.05) is 13.1 Å². The van der Waals surface area contributed by atoms with Gasteiger partial charge in [0.05, 0.1) is 7.11 Å². The highest BCUT2D eigenvalue weighted by Gasteiger charge is 2.29. The molecule has 1 aromatic carbocycles. The minimum Gasteiger partial charge on any atom is -0.495 e. The van der Waals surface area contributed by atoms with Gasteiger partial charge in [0.1, 0.15) is 10.6 Å². The van der Waals surface area contributed by atoms with Gasteiger partial charge in [-0.05, 0) is 36.9 Å². The molecule has 2 rings (SSSR count). The van der Waals surface area contributed by atoms with Crippen LogP contribution in [-0.4, -0.2) is 35.2 Å². The second-order valence-electron chi connectivity index (χ2n) is 5.57. The van der Waals surface area contributed by atoms with Crippen molar-refractivity contribution in [2.24, 2.45) is 5.41 Å². The van der Waals surface area contributed by atoms with Crippen molar-refractivity contribution in [3.05, 3.63) is 24.3 Å². The predicted octanol–water partition coefficient (Wildman–Crippen LogP) is 1.78. The Morgan fingerprint density at radius 1 is 1.38 bits per heavy atom. The molecule has 21 heavy (non-hydrogen) atoms. The predicted molar refractivity (Wildman–Crippen MR) is 85.6 cm³/mol. The van der Waals surface area contributed by atoms with Crippen molar-refractivity contribution in [2.45, 2.75) is 24.7 Å². The molecule has 0 amide bonds. The Bertz CT molecular complexity index is 557. The van der Waals surface area contributed by atoms with Crippen LogP contribution in [0.4, 0.5) is 0 Å². The third kappa shape index (κ3) is 4.57. The number of rotatable bonds is 5. The highest BCUT2D eigenvalue weighted by atomic mass is 35.5. The molecule has 1 atom stereocenters. The Morgan fingerprint density at radius 2 is 2.10 bits per heavy atom. The molecule has 2 N–H and O–H groups in total. The molecule has 1 aliphatic heterocycles. The smallest absolute Gasteiger partial charge is 0.244 e. The van der Waals surface area contributed by atoms with Gasteiger partial charge in [-0.15, -0.1) is 12.4 Å². The number of para-hydroxylation sites is 1. The Kier molecular flexibility index (Phi) is 6.46. The van der Waals surface area contributed by atoms with Crippen molar-refractivity contribution in [3.8, 4) is 5.75 Å². The number of halogens is 1. The first-order chi connectivity index (χ1) is 9.47. The lowest BCUT2D eigenvalue weighted by molar-refractivity contribution is 0.238. The van der Waals surface area contributed by atoms with Crippen LogP contribution in [0.1, 0.15) is 19.8 Å². The van der Waals surface area contributed by atoms with Crippen LogP contribution in [0, 0.1) is 5.41 Å². The first-order valence-corrected chi connectivity index (χ1v) is 8.29. The molecule has 0 saturated carbocycles. The van der Waals surface area contributed by atoms with E-state index in [0.29, 0.717) is 12.3 Å². The van der Waals surface area contributed by atoms with E-state index in [1.54, 1.807) is 24.3 Å². The van der Waals surface area contributed by atoms with Crippen LogP contribution < -0.4 is 14.8 Å². The van der Waals surface area contributed by atoms with Crippen LogP contribution in [0.2, 0.25) is 0 Å². The lowest BCUT2D eigenvalue weighted by Crippen LogP contribution is -2.45. The minimum absolute atomic E-state index is 0. The van der Waals surface area contributed by atoms with E-state index >= 15 is 0 Å². The summed E-state index contributed by atoms with van der Waals surface area (Å²) in [6.45, 7) is 4.38. The third-order valence-corrected chi connectivity index (χ3v) is 5.17. The third-order valence-electron chi connectivity index (χ3n) is 3.73. The van der Waals surface area contributed by atoms with Crippen LogP contribution in [0.15, 0.2) is 29.2 Å². The van der Waals surface area contributed by atoms with Gasteiger partial charge in [0.2, 0.25) is 10.0 Å². The molecule has 1 aromatic rings. The lowest BCUT2D eigenvalue weighted by atomic mass is 9.83. The molecule has 0 radical (unpaired) electrons. The quantitative estimate of drug-likeness (QED) is 0.861. The average Bonchev–Trinajstić information content (AvgIpc) is 2.46. The molecule has 0 aromatic heterocycles. The molecule has 120 valence electrons. The SMILES string of the molecule is COc1ccccc1S(=O)(=O)NCC1(C)CCCNC1.Cl. The highest BCUT2D eigenvalue weighted by molar-refractivity contribution is 7.89. The van der Waals surface area contributed by atoms with Gasteiger partial charge >= 0.3 is 0 Å². The van der Waals surface area contributed by atoms with Crippen LogP contribution in [0.25, 0.3) is 0 Å². The Balaban J connectivity index is 0.00000220. The first kappa shape index (κ1) is 18.2. The second kappa shape index (κ2) is 7.45. The fourth-order valence-corrected chi connectivity index (χ4v) is 3.83.